The summed E-state index contributed by atoms with van der Waals surface area (Å²) in [5, 5.41) is 4.76. The zero-order valence-corrected chi connectivity index (χ0v) is 8.97. The molecule has 0 N–H and O–H groups in total. The summed E-state index contributed by atoms with van der Waals surface area (Å²) < 4.78 is 0. The van der Waals surface area contributed by atoms with E-state index in [1.54, 1.807) is 15.8 Å². The first-order valence-corrected chi connectivity index (χ1v) is 7.30. The molecule has 0 rings (SSSR count). The zero-order valence-electron chi connectivity index (χ0n) is 7.82. The van der Waals surface area contributed by atoms with Crippen LogP contribution in [0.1, 0.15) is 40.0 Å². The van der Waals surface area contributed by atoms with E-state index in [-0.39, 0.29) is 14.1 Å². The van der Waals surface area contributed by atoms with E-state index in [0.717, 1.165) is 0 Å². The Labute approximate surface area is 70.4 Å². The summed E-state index contributed by atoms with van der Waals surface area (Å²) in [6, 6.07) is 0. The molecule has 60 valence electrons. The first-order chi connectivity index (χ1) is 4.85. The van der Waals surface area contributed by atoms with Crippen molar-refractivity contribution >= 4 is 14.1 Å². The second-order valence-electron chi connectivity index (χ2n) is 3.23. The van der Waals surface area contributed by atoms with Gasteiger partial charge in [0.1, 0.15) is 0 Å². The van der Waals surface area contributed by atoms with Crippen LogP contribution in [-0.2, 0) is 0 Å². The van der Waals surface area contributed by atoms with E-state index in [4.69, 9.17) is 0 Å². The van der Waals surface area contributed by atoms with Crippen LogP contribution in [0, 0.1) is 0 Å². The first kappa shape index (κ1) is 10.5. The molecule has 0 amide bonds. The molecule has 0 aliphatic carbocycles. The Morgan fingerprint density at radius 3 is 1.20 bits per heavy atom. The van der Waals surface area contributed by atoms with Gasteiger partial charge in [0.15, 0.2) is 0 Å². The first-order valence-electron chi connectivity index (χ1n) is 4.85. The van der Waals surface area contributed by atoms with Gasteiger partial charge < -0.3 is 0 Å². The predicted octanol–water partition coefficient (Wildman–Crippen LogP) is 3.71. The maximum Gasteiger partial charge on any atom is 0.261 e. The van der Waals surface area contributed by atoms with Gasteiger partial charge in [-0.15, -0.1) is 0 Å². The third kappa shape index (κ3) is 5.33. The van der Waals surface area contributed by atoms with E-state index in [0.29, 0.717) is 0 Å². The molecule has 0 aliphatic heterocycles. The molecule has 0 saturated heterocycles. The molecule has 0 spiro atoms. The molecule has 10 heavy (non-hydrogen) atoms. The van der Waals surface area contributed by atoms with Crippen LogP contribution in [0.5, 0.6) is 0 Å². The molecular weight excluding hydrogens is 135 g/mol. The molecule has 0 aromatic carbocycles. The smallest absolute Gasteiger partial charge is 0.0941 e. The van der Waals surface area contributed by atoms with Gasteiger partial charge in [-0.05, 0) is 0 Å². The van der Waals surface area contributed by atoms with Crippen LogP contribution in [0.3, 0.4) is 0 Å². The van der Waals surface area contributed by atoms with Gasteiger partial charge in [-0.3, -0.25) is 0 Å². The molecule has 0 radical (unpaired) electrons. The number of hydrogen-bond donors (Lipinski definition) is 0. The summed E-state index contributed by atoms with van der Waals surface area (Å²) in [5.74, 6) is 0. The van der Waals surface area contributed by atoms with E-state index in [9.17, 15) is 0 Å². The van der Waals surface area contributed by atoms with Gasteiger partial charge in [0, 0.05) is 0 Å². The minimum absolute atomic E-state index is 0.234. The van der Waals surface area contributed by atoms with Crippen molar-refractivity contribution < 1.29 is 0 Å². The lowest BCUT2D eigenvalue weighted by Crippen LogP contribution is -2.09. The third-order valence-corrected chi connectivity index (χ3v) is 6.27. The largest absolute Gasteiger partial charge is 0.261 e. The van der Waals surface area contributed by atoms with Crippen molar-refractivity contribution in [2.45, 2.75) is 55.9 Å². The summed E-state index contributed by atoms with van der Waals surface area (Å²) in [6.07, 6.45) is 4.28. The van der Waals surface area contributed by atoms with Crippen LogP contribution in [0.2, 0.25) is 15.8 Å². The molecule has 0 bridgehead atoms. The highest BCUT2D eigenvalue weighted by Gasteiger charge is 2.11. The lowest BCUT2D eigenvalue weighted by molar-refractivity contribution is 0.957. The number of hydrogen-bond acceptors (Lipinski definition) is 0. The van der Waals surface area contributed by atoms with Crippen molar-refractivity contribution in [3.8, 4) is 0 Å². The quantitative estimate of drug-likeness (QED) is 0.514. The topological polar surface area (TPSA) is 0 Å². The average Bonchev–Trinajstić information content (AvgIpc) is 1.90. The van der Waals surface area contributed by atoms with Crippen molar-refractivity contribution in [3.63, 3.8) is 0 Å². The van der Waals surface area contributed by atoms with Crippen LogP contribution in [0.15, 0.2) is 0 Å². The molecular formula is C9H21Al. The van der Waals surface area contributed by atoms with Crippen LogP contribution in [-0.4, -0.2) is 14.1 Å². The molecule has 0 heterocycles. The standard InChI is InChI=1S/3C3H7.Al/c3*1-3-2;/h3*1,3H2,2H3;. The summed E-state index contributed by atoms with van der Waals surface area (Å²) in [6.45, 7) is 6.97. The van der Waals surface area contributed by atoms with E-state index >= 15 is 0 Å². The van der Waals surface area contributed by atoms with Gasteiger partial charge in [0.2, 0.25) is 0 Å². The van der Waals surface area contributed by atoms with Crippen molar-refractivity contribution in [3.05, 3.63) is 0 Å². The second-order valence-corrected chi connectivity index (χ2v) is 6.70. The molecule has 0 fully saturated rings. The number of rotatable bonds is 6. The van der Waals surface area contributed by atoms with Crippen LogP contribution >= 0.6 is 0 Å². The molecule has 0 saturated carbocycles. The lowest BCUT2D eigenvalue weighted by Gasteiger charge is -2.06. The Bertz CT molecular complexity index is 47.5. The lowest BCUT2D eigenvalue weighted by atomic mass is 10.5. The molecule has 0 aliphatic rings. The minimum atomic E-state index is -0.234. The van der Waals surface area contributed by atoms with Gasteiger partial charge in [-0.2, -0.15) is 0 Å². The Kier molecular flexibility index (Phi) is 8.04. The van der Waals surface area contributed by atoms with Gasteiger partial charge >= 0.3 is 0 Å². The average molecular weight is 156 g/mol. The van der Waals surface area contributed by atoms with E-state index in [1.165, 1.54) is 19.3 Å². The predicted molar refractivity (Wildman–Crippen MR) is 51.0 cm³/mol. The summed E-state index contributed by atoms with van der Waals surface area (Å²) in [7, 11) is 0. The SMILES string of the molecule is CC[CH2][Al]([CH2]CC)[CH2]CC. The van der Waals surface area contributed by atoms with Gasteiger partial charge in [-0.1, -0.05) is 55.9 Å². The third-order valence-electron chi connectivity index (χ3n) is 2.09. The normalized spacial score (nSPS) is 9.90. The van der Waals surface area contributed by atoms with Crippen molar-refractivity contribution in [2.24, 2.45) is 0 Å². The summed E-state index contributed by atoms with van der Waals surface area (Å²) >= 11 is -0.234. The molecule has 1 heteroatoms. The van der Waals surface area contributed by atoms with Crippen molar-refractivity contribution in [2.75, 3.05) is 0 Å². The maximum absolute atomic E-state index is 2.32. The van der Waals surface area contributed by atoms with E-state index in [1.807, 2.05) is 0 Å². The highest BCUT2D eigenvalue weighted by atomic mass is 27.2. The van der Waals surface area contributed by atoms with Crippen LogP contribution in [0.4, 0.5) is 0 Å². The molecule has 0 aromatic rings. The second kappa shape index (κ2) is 7.64. The van der Waals surface area contributed by atoms with Gasteiger partial charge in [-0.25, -0.2) is 0 Å². The molecule has 0 atom stereocenters. The maximum atomic E-state index is 2.32. The Balaban J connectivity index is 3.30. The highest BCUT2D eigenvalue weighted by molar-refractivity contribution is 6.58. The fraction of sp³-hybridized carbons (Fsp3) is 1.00. The Morgan fingerprint density at radius 2 is 1.00 bits per heavy atom. The summed E-state index contributed by atoms with van der Waals surface area (Å²) in [4.78, 5) is 0. The molecule has 0 nitrogen and oxygen atoms in total. The van der Waals surface area contributed by atoms with E-state index < -0.39 is 0 Å². The highest BCUT2D eigenvalue weighted by Crippen LogP contribution is 2.11. The van der Waals surface area contributed by atoms with Gasteiger partial charge in [0.25, 0.3) is 14.1 Å². The monoisotopic (exact) mass is 156 g/mol. The zero-order chi connectivity index (χ0) is 7.82. The van der Waals surface area contributed by atoms with Crippen LogP contribution in [0.25, 0.3) is 0 Å². The summed E-state index contributed by atoms with van der Waals surface area (Å²) in [5.41, 5.74) is 0. The van der Waals surface area contributed by atoms with Gasteiger partial charge in [0.05, 0.1) is 0 Å². The molecule has 0 unspecified atom stereocenters. The minimum Gasteiger partial charge on any atom is -0.0941 e. The molecule has 0 aromatic heterocycles. The van der Waals surface area contributed by atoms with Crippen molar-refractivity contribution in [1.29, 1.82) is 0 Å². The van der Waals surface area contributed by atoms with E-state index in [2.05, 4.69) is 20.8 Å². The van der Waals surface area contributed by atoms with Crippen LogP contribution < -0.4 is 0 Å². The van der Waals surface area contributed by atoms with Crippen molar-refractivity contribution in [1.82, 2.24) is 0 Å². The fourth-order valence-electron chi connectivity index (χ4n) is 1.66. The Hall–Kier alpha value is 0.532. The fourth-order valence-corrected chi connectivity index (χ4v) is 4.97. The Morgan fingerprint density at radius 1 is 0.700 bits per heavy atom.